The molecule has 0 amide bonds. The Morgan fingerprint density at radius 2 is 1.80 bits per heavy atom. The summed E-state index contributed by atoms with van der Waals surface area (Å²) in [6, 6.07) is 12.6. The molecular formula is C22H26N4O3S. The first-order chi connectivity index (χ1) is 14.6. The van der Waals surface area contributed by atoms with Gasteiger partial charge in [0.15, 0.2) is 0 Å². The van der Waals surface area contributed by atoms with Crippen molar-refractivity contribution >= 4 is 10.0 Å². The molecule has 158 valence electrons. The topological polar surface area (TPSA) is 86.1 Å². The first kappa shape index (κ1) is 20.6. The van der Waals surface area contributed by atoms with Gasteiger partial charge in [0, 0.05) is 18.0 Å². The smallest absolute Gasteiger partial charge is 0.240 e. The molecule has 1 aliphatic carbocycles. The van der Waals surface area contributed by atoms with Crippen molar-refractivity contribution in [1.29, 1.82) is 0 Å². The molecule has 4 rings (SSSR count). The molecule has 0 spiro atoms. The van der Waals surface area contributed by atoms with Crippen LogP contribution in [0.3, 0.4) is 0 Å². The lowest BCUT2D eigenvalue weighted by atomic mass is 10.1. The second-order valence-corrected chi connectivity index (χ2v) is 9.14. The summed E-state index contributed by atoms with van der Waals surface area (Å²) in [4.78, 5) is 4.30. The van der Waals surface area contributed by atoms with Crippen LogP contribution in [0.25, 0.3) is 11.3 Å². The largest absolute Gasteiger partial charge is 0.494 e. The molecule has 2 aromatic heterocycles. The van der Waals surface area contributed by atoms with E-state index in [1.54, 1.807) is 36.7 Å². The second kappa shape index (κ2) is 8.97. The highest BCUT2D eigenvalue weighted by molar-refractivity contribution is 7.89. The molecule has 1 aliphatic rings. The minimum absolute atomic E-state index is 0.132. The summed E-state index contributed by atoms with van der Waals surface area (Å²) in [5, 5.41) is 4.75. The van der Waals surface area contributed by atoms with Crippen molar-refractivity contribution in [3.63, 3.8) is 0 Å². The van der Waals surface area contributed by atoms with Crippen molar-refractivity contribution in [2.75, 3.05) is 6.61 Å². The molecule has 1 N–H and O–H groups in total. The number of hydrogen-bond acceptors (Lipinski definition) is 5. The van der Waals surface area contributed by atoms with Crippen LogP contribution in [0.15, 0.2) is 59.8 Å². The Morgan fingerprint density at radius 3 is 2.47 bits per heavy atom. The summed E-state index contributed by atoms with van der Waals surface area (Å²) >= 11 is 0. The zero-order valence-electron chi connectivity index (χ0n) is 17.0. The summed E-state index contributed by atoms with van der Waals surface area (Å²) in [6.45, 7) is 2.55. The Hall–Kier alpha value is -2.71. The normalized spacial score (nSPS) is 14.8. The monoisotopic (exact) mass is 426 g/mol. The number of benzene rings is 1. The second-order valence-electron chi connectivity index (χ2n) is 7.37. The quantitative estimate of drug-likeness (QED) is 0.590. The summed E-state index contributed by atoms with van der Waals surface area (Å²) in [6.07, 6.45) is 8.10. The van der Waals surface area contributed by atoms with Gasteiger partial charge in [-0.1, -0.05) is 12.8 Å². The molecule has 1 aromatic carbocycles. The lowest BCUT2D eigenvalue weighted by Crippen LogP contribution is -2.23. The molecule has 8 heteroatoms. The van der Waals surface area contributed by atoms with Crippen molar-refractivity contribution < 1.29 is 13.2 Å². The molecule has 1 fully saturated rings. The van der Waals surface area contributed by atoms with Crippen LogP contribution in [0, 0.1) is 0 Å². The van der Waals surface area contributed by atoms with Crippen LogP contribution >= 0.6 is 0 Å². The minimum atomic E-state index is -3.64. The molecule has 0 unspecified atom stereocenters. The van der Waals surface area contributed by atoms with Crippen molar-refractivity contribution in [3.8, 4) is 17.0 Å². The Morgan fingerprint density at radius 1 is 1.10 bits per heavy atom. The third-order valence-corrected chi connectivity index (χ3v) is 6.74. The maximum absolute atomic E-state index is 12.7. The van der Waals surface area contributed by atoms with Crippen molar-refractivity contribution in [2.45, 2.75) is 50.1 Å². The third kappa shape index (κ3) is 4.55. The molecule has 30 heavy (non-hydrogen) atoms. The summed E-state index contributed by atoms with van der Waals surface area (Å²) < 4.78 is 35.5. The van der Waals surface area contributed by atoms with Gasteiger partial charge in [-0.05, 0) is 62.2 Å². The van der Waals surface area contributed by atoms with E-state index in [-0.39, 0.29) is 11.4 Å². The molecule has 7 nitrogen and oxygen atoms in total. The van der Waals surface area contributed by atoms with E-state index in [1.807, 2.05) is 25.1 Å². The summed E-state index contributed by atoms with van der Waals surface area (Å²) in [7, 11) is -3.64. The number of nitrogens with zero attached hydrogens (tertiary/aromatic N) is 3. The first-order valence-corrected chi connectivity index (χ1v) is 11.8. The number of nitrogens with one attached hydrogen (secondary N) is 1. The van der Waals surface area contributed by atoms with Crippen LogP contribution < -0.4 is 9.46 Å². The van der Waals surface area contributed by atoms with Crippen molar-refractivity contribution in [2.24, 2.45) is 0 Å². The number of ether oxygens (including phenoxy) is 1. The standard InChI is InChI=1S/C22H26N4O3S/c1-2-29-20-7-9-21(10-8-20)30(27,28)24-16-18-15-22(17-11-13-23-14-12-17)26(25-18)19-5-3-4-6-19/h7-15,19,24H,2-6,16H2,1H3. The molecule has 0 aliphatic heterocycles. The summed E-state index contributed by atoms with van der Waals surface area (Å²) in [5.41, 5.74) is 2.73. The molecule has 2 heterocycles. The van der Waals surface area contributed by atoms with E-state index in [4.69, 9.17) is 9.84 Å². The predicted molar refractivity (Wildman–Crippen MR) is 115 cm³/mol. The molecule has 1 saturated carbocycles. The van der Waals surface area contributed by atoms with Crippen LogP contribution in [0.4, 0.5) is 0 Å². The van der Waals surface area contributed by atoms with Gasteiger partial charge in [-0.25, -0.2) is 13.1 Å². The van der Waals surface area contributed by atoms with Gasteiger partial charge < -0.3 is 4.74 Å². The van der Waals surface area contributed by atoms with Crippen molar-refractivity contribution in [1.82, 2.24) is 19.5 Å². The Kier molecular flexibility index (Phi) is 6.15. The predicted octanol–water partition coefficient (Wildman–Crippen LogP) is 3.94. The molecular weight excluding hydrogens is 400 g/mol. The zero-order chi connectivity index (χ0) is 21.0. The highest BCUT2D eigenvalue weighted by Gasteiger charge is 2.23. The average molecular weight is 427 g/mol. The van der Waals surface area contributed by atoms with Gasteiger partial charge in [0.25, 0.3) is 0 Å². The first-order valence-electron chi connectivity index (χ1n) is 10.3. The van der Waals surface area contributed by atoms with Crippen LogP contribution in [-0.2, 0) is 16.6 Å². The fraction of sp³-hybridized carbons (Fsp3) is 0.364. The van der Waals surface area contributed by atoms with Gasteiger partial charge in [0.05, 0.1) is 35.5 Å². The zero-order valence-corrected chi connectivity index (χ0v) is 17.8. The van der Waals surface area contributed by atoms with E-state index in [1.165, 1.54) is 12.8 Å². The van der Waals surface area contributed by atoms with E-state index < -0.39 is 10.0 Å². The SMILES string of the molecule is CCOc1ccc(S(=O)(=O)NCc2cc(-c3ccncc3)n(C3CCCC3)n2)cc1. The fourth-order valence-corrected chi connectivity index (χ4v) is 4.83. The van der Waals surface area contributed by atoms with Gasteiger partial charge in [-0.3, -0.25) is 9.67 Å². The number of rotatable bonds is 8. The van der Waals surface area contributed by atoms with E-state index in [0.29, 0.717) is 24.1 Å². The van der Waals surface area contributed by atoms with Gasteiger partial charge >= 0.3 is 0 Å². The van der Waals surface area contributed by atoms with Gasteiger partial charge in [-0.15, -0.1) is 0 Å². The minimum Gasteiger partial charge on any atom is -0.494 e. The van der Waals surface area contributed by atoms with Crippen LogP contribution in [-0.4, -0.2) is 29.8 Å². The Balaban J connectivity index is 1.54. The molecule has 3 aromatic rings. The van der Waals surface area contributed by atoms with Gasteiger partial charge in [0.2, 0.25) is 10.0 Å². The lowest BCUT2D eigenvalue weighted by molar-refractivity contribution is 0.340. The van der Waals surface area contributed by atoms with Crippen LogP contribution in [0.5, 0.6) is 5.75 Å². The Bertz CT molecular complexity index is 1070. The van der Waals surface area contributed by atoms with E-state index in [0.717, 1.165) is 24.1 Å². The summed E-state index contributed by atoms with van der Waals surface area (Å²) in [5.74, 6) is 0.647. The van der Waals surface area contributed by atoms with E-state index in [9.17, 15) is 8.42 Å². The Labute approximate surface area is 177 Å². The fourth-order valence-electron chi connectivity index (χ4n) is 3.83. The molecule has 0 saturated heterocycles. The number of hydrogen-bond donors (Lipinski definition) is 1. The van der Waals surface area contributed by atoms with E-state index in [2.05, 4.69) is 14.4 Å². The van der Waals surface area contributed by atoms with Crippen LogP contribution in [0.2, 0.25) is 0 Å². The van der Waals surface area contributed by atoms with Crippen molar-refractivity contribution in [3.05, 3.63) is 60.6 Å². The maximum Gasteiger partial charge on any atom is 0.240 e. The number of sulfonamides is 1. The highest BCUT2D eigenvalue weighted by Crippen LogP contribution is 2.33. The maximum atomic E-state index is 12.7. The molecule has 0 radical (unpaired) electrons. The van der Waals surface area contributed by atoms with Gasteiger partial charge in [-0.2, -0.15) is 5.10 Å². The molecule has 0 atom stereocenters. The number of pyridine rings is 1. The highest BCUT2D eigenvalue weighted by atomic mass is 32.2. The third-order valence-electron chi connectivity index (χ3n) is 5.32. The van der Waals surface area contributed by atoms with Gasteiger partial charge in [0.1, 0.15) is 5.75 Å². The molecule has 0 bridgehead atoms. The average Bonchev–Trinajstić information content (AvgIpc) is 3.44. The lowest BCUT2D eigenvalue weighted by Gasteiger charge is -2.14. The van der Waals surface area contributed by atoms with E-state index >= 15 is 0 Å². The van der Waals surface area contributed by atoms with Crippen LogP contribution in [0.1, 0.15) is 44.3 Å². The number of aromatic nitrogens is 3.